The van der Waals surface area contributed by atoms with Crippen molar-refractivity contribution in [2.24, 2.45) is 0 Å². The lowest BCUT2D eigenvalue weighted by atomic mass is 10.1. The highest BCUT2D eigenvalue weighted by atomic mass is 32.2. The number of benzene rings is 1. The van der Waals surface area contributed by atoms with Crippen LogP contribution in [0.3, 0.4) is 0 Å². The summed E-state index contributed by atoms with van der Waals surface area (Å²) in [5, 5.41) is 0. The van der Waals surface area contributed by atoms with Gasteiger partial charge in [-0.3, -0.25) is 8.61 Å². The average Bonchev–Trinajstić information content (AvgIpc) is 3.01. The Hall–Kier alpha value is -2.42. The van der Waals surface area contributed by atoms with E-state index in [-0.39, 0.29) is 6.54 Å². The van der Waals surface area contributed by atoms with Crippen LogP contribution in [0.4, 0.5) is 0 Å². The number of ether oxygens (including phenoxy) is 2. The van der Waals surface area contributed by atoms with Crippen molar-refractivity contribution in [1.29, 1.82) is 0 Å². The zero-order chi connectivity index (χ0) is 17.1. The zero-order valence-corrected chi connectivity index (χ0v) is 14.0. The van der Waals surface area contributed by atoms with E-state index >= 15 is 0 Å². The van der Waals surface area contributed by atoms with Crippen LogP contribution < -0.4 is 14.2 Å². The van der Waals surface area contributed by atoms with Gasteiger partial charge in [0.25, 0.3) is 0 Å². The molecular weight excluding hydrogens is 330 g/mol. The van der Waals surface area contributed by atoms with E-state index in [9.17, 15) is 8.76 Å². The second-order valence-corrected chi connectivity index (χ2v) is 5.79. The van der Waals surface area contributed by atoms with Crippen LogP contribution in [0.15, 0.2) is 42.7 Å². The monoisotopic (exact) mass is 346 g/mol. The quantitative estimate of drug-likeness (QED) is 0.689. The van der Waals surface area contributed by atoms with Crippen molar-refractivity contribution in [3.05, 3.63) is 48.3 Å². The van der Waals surface area contributed by atoms with Gasteiger partial charge >= 0.3 is 0 Å². The lowest BCUT2D eigenvalue weighted by Crippen LogP contribution is -2.15. The standard InChI is InChI=1S/C16H17N3O4S/c1-22-14-7-16-17-9-13(19(16)10-15(14)23-2)12-5-3-11(4-6-12)8-18-24(20)21/h3-7,9-10,18H,8H2,1-2H3,(H,20,21)/p-1. The first-order valence-corrected chi connectivity index (χ1v) is 8.21. The highest BCUT2D eigenvalue weighted by molar-refractivity contribution is 7.77. The van der Waals surface area contributed by atoms with Crippen LogP contribution in [0, 0.1) is 0 Å². The Kier molecular flexibility index (Phi) is 4.79. The maximum absolute atomic E-state index is 10.5. The van der Waals surface area contributed by atoms with E-state index in [2.05, 4.69) is 9.71 Å². The Balaban J connectivity index is 1.95. The molecule has 0 aliphatic rings. The van der Waals surface area contributed by atoms with Crippen molar-refractivity contribution in [2.45, 2.75) is 6.54 Å². The summed E-state index contributed by atoms with van der Waals surface area (Å²) in [6.45, 7) is 0.258. The van der Waals surface area contributed by atoms with Crippen molar-refractivity contribution in [2.75, 3.05) is 14.2 Å². The number of rotatable bonds is 6. The van der Waals surface area contributed by atoms with Crippen LogP contribution in [0.1, 0.15) is 5.56 Å². The van der Waals surface area contributed by atoms with Crippen molar-refractivity contribution in [3.8, 4) is 22.8 Å². The summed E-state index contributed by atoms with van der Waals surface area (Å²) < 4.78 is 36.0. The molecule has 1 atom stereocenters. The van der Waals surface area contributed by atoms with Crippen molar-refractivity contribution >= 4 is 16.9 Å². The number of hydrogen-bond donors (Lipinski definition) is 1. The van der Waals surface area contributed by atoms with Gasteiger partial charge in [0.05, 0.1) is 32.3 Å². The van der Waals surface area contributed by atoms with Gasteiger partial charge in [0.2, 0.25) is 0 Å². The molecule has 0 bridgehead atoms. The lowest BCUT2D eigenvalue weighted by molar-refractivity contribution is 0.353. The summed E-state index contributed by atoms with van der Waals surface area (Å²) >= 11 is -2.27. The molecule has 3 aromatic rings. The molecule has 0 spiro atoms. The molecule has 24 heavy (non-hydrogen) atoms. The van der Waals surface area contributed by atoms with Crippen molar-refractivity contribution in [3.63, 3.8) is 0 Å². The molecule has 0 aliphatic heterocycles. The molecule has 0 fully saturated rings. The number of imidazole rings is 1. The largest absolute Gasteiger partial charge is 0.760 e. The molecule has 1 aromatic carbocycles. The van der Waals surface area contributed by atoms with Gasteiger partial charge in [-0.1, -0.05) is 24.3 Å². The van der Waals surface area contributed by atoms with Crippen LogP contribution in [-0.4, -0.2) is 32.4 Å². The lowest BCUT2D eigenvalue weighted by Gasteiger charge is -2.10. The van der Waals surface area contributed by atoms with Gasteiger partial charge < -0.3 is 14.0 Å². The van der Waals surface area contributed by atoms with E-state index in [0.717, 1.165) is 22.5 Å². The van der Waals surface area contributed by atoms with Gasteiger partial charge in [0.15, 0.2) is 11.5 Å². The highest BCUT2D eigenvalue weighted by Gasteiger charge is 2.11. The Morgan fingerprint density at radius 3 is 2.54 bits per heavy atom. The first-order valence-electron chi connectivity index (χ1n) is 7.13. The maximum Gasteiger partial charge on any atom is 0.177 e. The van der Waals surface area contributed by atoms with E-state index in [4.69, 9.17) is 9.47 Å². The number of pyridine rings is 1. The third-order valence-corrected chi connectivity index (χ3v) is 4.04. The fraction of sp³-hybridized carbons (Fsp3) is 0.188. The normalized spacial score (nSPS) is 12.3. The average molecular weight is 346 g/mol. The molecule has 2 aromatic heterocycles. The molecule has 0 amide bonds. The molecule has 0 saturated heterocycles. The number of methoxy groups -OCH3 is 2. The first kappa shape index (κ1) is 16.4. The minimum Gasteiger partial charge on any atom is -0.760 e. The molecule has 1 unspecified atom stereocenters. The number of fused-ring (bicyclic) bond motifs is 1. The molecule has 3 rings (SSSR count). The van der Waals surface area contributed by atoms with E-state index in [1.54, 1.807) is 20.4 Å². The number of aromatic nitrogens is 2. The van der Waals surface area contributed by atoms with Gasteiger partial charge in [0, 0.05) is 29.4 Å². The molecule has 126 valence electrons. The van der Waals surface area contributed by atoms with E-state index in [0.29, 0.717) is 11.5 Å². The minimum absolute atomic E-state index is 0.258. The predicted molar refractivity (Wildman–Crippen MR) is 89.5 cm³/mol. The molecule has 0 saturated carbocycles. The van der Waals surface area contributed by atoms with E-state index < -0.39 is 11.3 Å². The second kappa shape index (κ2) is 7.00. The zero-order valence-electron chi connectivity index (χ0n) is 13.2. The summed E-state index contributed by atoms with van der Waals surface area (Å²) in [6.07, 6.45) is 3.60. The fourth-order valence-electron chi connectivity index (χ4n) is 2.45. The first-order chi connectivity index (χ1) is 11.6. The van der Waals surface area contributed by atoms with Crippen LogP contribution in [0.2, 0.25) is 0 Å². The summed E-state index contributed by atoms with van der Waals surface area (Å²) in [4.78, 5) is 4.39. The summed E-state index contributed by atoms with van der Waals surface area (Å²) in [6, 6.07) is 9.39. The maximum atomic E-state index is 10.5. The molecule has 8 heteroatoms. The highest BCUT2D eigenvalue weighted by Crippen LogP contribution is 2.30. The van der Waals surface area contributed by atoms with Crippen LogP contribution >= 0.6 is 0 Å². The van der Waals surface area contributed by atoms with E-state index in [1.165, 1.54) is 0 Å². The predicted octanol–water partition coefficient (Wildman–Crippen LogP) is 1.90. The summed E-state index contributed by atoms with van der Waals surface area (Å²) in [5.74, 6) is 1.23. The van der Waals surface area contributed by atoms with Gasteiger partial charge in [-0.05, 0) is 5.56 Å². The van der Waals surface area contributed by atoms with E-state index in [1.807, 2.05) is 40.9 Å². The Bertz CT molecular complexity index is 877. The minimum atomic E-state index is -2.27. The second-order valence-electron chi connectivity index (χ2n) is 5.03. The third-order valence-electron chi connectivity index (χ3n) is 3.66. The summed E-state index contributed by atoms with van der Waals surface area (Å²) in [7, 11) is 3.17. The molecule has 7 nitrogen and oxygen atoms in total. The number of hydrogen-bond acceptors (Lipinski definition) is 5. The molecule has 2 heterocycles. The Morgan fingerprint density at radius 2 is 1.92 bits per heavy atom. The number of nitrogens with zero attached hydrogens (tertiary/aromatic N) is 2. The Labute approximate surface area is 141 Å². The van der Waals surface area contributed by atoms with Crippen LogP contribution in [-0.2, 0) is 17.8 Å². The fourth-order valence-corrected chi connectivity index (χ4v) is 2.73. The van der Waals surface area contributed by atoms with Gasteiger partial charge in [-0.2, -0.15) is 0 Å². The SMILES string of the molecule is COc1cc2ncc(-c3ccc(CNS(=O)[O-])cc3)n2cc1OC. The van der Waals surface area contributed by atoms with Crippen LogP contribution in [0.25, 0.3) is 16.9 Å². The van der Waals surface area contributed by atoms with Crippen LogP contribution in [0.5, 0.6) is 11.5 Å². The molecule has 0 aliphatic carbocycles. The van der Waals surface area contributed by atoms with Crippen molar-refractivity contribution < 1.29 is 18.2 Å². The third kappa shape index (κ3) is 3.25. The summed E-state index contributed by atoms with van der Waals surface area (Å²) in [5.41, 5.74) is 3.48. The smallest absolute Gasteiger partial charge is 0.177 e. The number of nitrogens with one attached hydrogen (secondary N) is 1. The molecule has 0 radical (unpaired) electrons. The van der Waals surface area contributed by atoms with Gasteiger partial charge in [0.1, 0.15) is 5.65 Å². The van der Waals surface area contributed by atoms with Gasteiger partial charge in [-0.15, -0.1) is 0 Å². The molecular formula is C16H16N3O4S-. The Morgan fingerprint density at radius 1 is 1.21 bits per heavy atom. The topological polar surface area (TPSA) is 87.9 Å². The molecule has 1 N–H and O–H groups in total. The van der Waals surface area contributed by atoms with Crippen molar-refractivity contribution in [1.82, 2.24) is 14.1 Å². The van der Waals surface area contributed by atoms with Gasteiger partial charge in [-0.25, -0.2) is 9.71 Å².